The maximum Gasteiger partial charge on any atom is 0.254 e. The molecule has 4 heteroatoms. The summed E-state index contributed by atoms with van der Waals surface area (Å²) < 4.78 is 6.21. The molecular weight excluding hydrogens is 270 g/mol. The number of carbonyl (C=O) groups is 1. The van der Waals surface area contributed by atoms with Crippen LogP contribution in [0.15, 0.2) is 28.7 Å². The summed E-state index contributed by atoms with van der Waals surface area (Å²) in [6, 6.07) is 7.52. The number of nitrogens with zero attached hydrogens (tertiary/aromatic N) is 1. The molecule has 0 saturated carbocycles. The number of halogens is 1. The normalized spacial score (nSPS) is 21.4. The number of rotatable bonds is 1. The Morgan fingerprint density at radius 2 is 2.00 bits per heavy atom. The topological polar surface area (TPSA) is 29.5 Å². The Labute approximate surface area is 103 Å². The van der Waals surface area contributed by atoms with Gasteiger partial charge >= 0.3 is 0 Å². The van der Waals surface area contributed by atoms with Crippen molar-refractivity contribution in [3.8, 4) is 0 Å². The second kappa shape index (κ2) is 3.57. The Bertz CT molecular complexity index is 420. The second-order valence-corrected chi connectivity index (χ2v) is 5.35. The van der Waals surface area contributed by atoms with Gasteiger partial charge in [-0.1, -0.05) is 15.9 Å². The summed E-state index contributed by atoms with van der Waals surface area (Å²) in [6.45, 7) is 2.27. The molecule has 0 atom stereocenters. The lowest BCUT2D eigenvalue weighted by Gasteiger charge is -2.57. The van der Waals surface area contributed by atoms with E-state index in [1.165, 1.54) is 0 Å². The fraction of sp³-hybridized carbons (Fsp3) is 0.417. The van der Waals surface area contributed by atoms with E-state index in [0.29, 0.717) is 13.2 Å². The van der Waals surface area contributed by atoms with E-state index in [9.17, 15) is 4.79 Å². The Morgan fingerprint density at radius 3 is 2.44 bits per heavy atom. The predicted octanol–water partition coefficient (Wildman–Crippen LogP) is 2.06. The minimum Gasteiger partial charge on any atom is -0.376 e. The largest absolute Gasteiger partial charge is 0.376 e. The maximum atomic E-state index is 12.2. The van der Waals surface area contributed by atoms with Gasteiger partial charge in [0.2, 0.25) is 0 Å². The summed E-state index contributed by atoms with van der Waals surface area (Å²) in [5.41, 5.74) is 0.790. The molecule has 0 N–H and O–H groups in total. The van der Waals surface area contributed by atoms with E-state index in [0.717, 1.165) is 23.0 Å². The van der Waals surface area contributed by atoms with Gasteiger partial charge in [0, 0.05) is 16.6 Å². The first-order chi connectivity index (χ1) is 7.71. The van der Waals surface area contributed by atoms with Gasteiger partial charge in [0.1, 0.15) is 0 Å². The van der Waals surface area contributed by atoms with Gasteiger partial charge in [-0.2, -0.15) is 0 Å². The van der Waals surface area contributed by atoms with Crippen LogP contribution in [-0.2, 0) is 4.74 Å². The second-order valence-electron chi connectivity index (χ2n) is 4.43. The van der Waals surface area contributed by atoms with Gasteiger partial charge in [-0.25, -0.2) is 0 Å². The van der Waals surface area contributed by atoms with Crippen molar-refractivity contribution in [2.45, 2.75) is 12.0 Å². The van der Waals surface area contributed by atoms with Crippen LogP contribution in [-0.4, -0.2) is 36.1 Å². The summed E-state index contributed by atoms with van der Waals surface area (Å²) in [5.74, 6) is 0.127. The fourth-order valence-corrected chi connectivity index (χ4v) is 2.51. The molecule has 1 aromatic rings. The third kappa shape index (κ3) is 1.40. The molecular formula is C12H12BrNO2. The Balaban J connectivity index is 1.80. The third-order valence-corrected chi connectivity index (χ3v) is 3.98. The molecule has 1 amide bonds. The predicted molar refractivity (Wildman–Crippen MR) is 63.3 cm³/mol. The molecule has 2 heterocycles. The molecule has 3 rings (SSSR count). The van der Waals surface area contributed by atoms with E-state index in [-0.39, 0.29) is 11.4 Å². The summed E-state index contributed by atoms with van der Waals surface area (Å²) in [5, 5.41) is 0. The maximum absolute atomic E-state index is 12.2. The zero-order valence-corrected chi connectivity index (χ0v) is 10.4. The lowest BCUT2D eigenvalue weighted by Crippen LogP contribution is -2.72. The van der Waals surface area contributed by atoms with Gasteiger partial charge in [0.15, 0.2) is 0 Å². The lowest BCUT2D eigenvalue weighted by molar-refractivity contribution is -0.172. The van der Waals surface area contributed by atoms with Gasteiger partial charge in [0.05, 0.1) is 18.8 Å². The summed E-state index contributed by atoms with van der Waals surface area (Å²) in [6.07, 6.45) is 1.08. The zero-order chi connectivity index (χ0) is 11.2. The van der Waals surface area contributed by atoms with Crippen molar-refractivity contribution in [3.63, 3.8) is 0 Å². The molecule has 2 aliphatic heterocycles. The molecule has 0 unspecified atom stereocenters. The van der Waals surface area contributed by atoms with E-state index < -0.39 is 0 Å². The van der Waals surface area contributed by atoms with Crippen molar-refractivity contribution in [2.75, 3.05) is 19.8 Å². The van der Waals surface area contributed by atoms with Gasteiger partial charge in [-0.3, -0.25) is 4.79 Å². The van der Waals surface area contributed by atoms with Crippen molar-refractivity contribution in [3.05, 3.63) is 34.3 Å². The molecule has 2 fully saturated rings. The Morgan fingerprint density at radius 1 is 1.31 bits per heavy atom. The van der Waals surface area contributed by atoms with Crippen molar-refractivity contribution < 1.29 is 9.53 Å². The highest BCUT2D eigenvalue weighted by atomic mass is 79.9. The lowest BCUT2D eigenvalue weighted by atomic mass is 9.82. The average Bonchev–Trinajstić information content (AvgIpc) is 2.14. The third-order valence-electron chi connectivity index (χ3n) is 3.45. The molecule has 2 aliphatic rings. The first-order valence-electron chi connectivity index (χ1n) is 5.37. The molecule has 3 nitrogen and oxygen atoms in total. The number of amides is 1. The van der Waals surface area contributed by atoms with Crippen LogP contribution < -0.4 is 0 Å². The molecule has 1 aromatic carbocycles. The summed E-state index contributed by atoms with van der Waals surface area (Å²) in [4.78, 5) is 14.1. The Kier molecular flexibility index (Phi) is 2.30. The molecule has 0 aliphatic carbocycles. The SMILES string of the molecule is O=C(c1ccc(Br)cc1)N1CCC12COC2. The van der Waals surface area contributed by atoms with Crippen LogP contribution in [0, 0.1) is 0 Å². The number of benzene rings is 1. The van der Waals surface area contributed by atoms with Crippen LogP contribution in [0.5, 0.6) is 0 Å². The Hall–Kier alpha value is -0.870. The van der Waals surface area contributed by atoms with Gasteiger partial charge < -0.3 is 9.64 Å². The van der Waals surface area contributed by atoms with E-state index in [1.54, 1.807) is 0 Å². The van der Waals surface area contributed by atoms with Crippen molar-refractivity contribution in [2.24, 2.45) is 0 Å². The number of ether oxygens (including phenoxy) is 1. The molecule has 1 spiro atoms. The quantitative estimate of drug-likeness (QED) is 0.789. The van der Waals surface area contributed by atoms with Crippen molar-refractivity contribution in [1.29, 1.82) is 0 Å². The minimum absolute atomic E-state index is 0.0319. The molecule has 16 heavy (non-hydrogen) atoms. The first kappa shape index (κ1) is 10.3. The van der Waals surface area contributed by atoms with E-state index in [1.807, 2.05) is 29.2 Å². The summed E-state index contributed by atoms with van der Waals surface area (Å²) >= 11 is 3.37. The van der Waals surface area contributed by atoms with Gasteiger partial charge in [-0.15, -0.1) is 0 Å². The molecule has 0 radical (unpaired) electrons. The van der Waals surface area contributed by atoms with E-state index in [4.69, 9.17) is 4.74 Å². The smallest absolute Gasteiger partial charge is 0.254 e. The number of hydrogen-bond acceptors (Lipinski definition) is 2. The number of carbonyl (C=O) groups excluding carboxylic acids is 1. The minimum atomic E-state index is 0.0319. The molecule has 0 bridgehead atoms. The molecule has 84 valence electrons. The molecule has 0 aromatic heterocycles. The highest BCUT2D eigenvalue weighted by molar-refractivity contribution is 9.10. The van der Waals surface area contributed by atoms with E-state index in [2.05, 4.69) is 15.9 Å². The monoisotopic (exact) mass is 281 g/mol. The fourth-order valence-electron chi connectivity index (χ4n) is 2.24. The van der Waals surface area contributed by atoms with Gasteiger partial charge in [-0.05, 0) is 30.7 Å². The van der Waals surface area contributed by atoms with Crippen molar-refractivity contribution in [1.82, 2.24) is 4.90 Å². The molecule has 2 saturated heterocycles. The van der Waals surface area contributed by atoms with E-state index >= 15 is 0 Å². The van der Waals surface area contributed by atoms with Gasteiger partial charge in [0.25, 0.3) is 5.91 Å². The van der Waals surface area contributed by atoms with Crippen LogP contribution in [0.3, 0.4) is 0 Å². The van der Waals surface area contributed by atoms with Crippen LogP contribution >= 0.6 is 15.9 Å². The van der Waals surface area contributed by atoms with Crippen LogP contribution in [0.25, 0.3) is 0 Å². The average molecular weight is 282 g/mol. The van der Waals surface area contributed by atoms with Crippen LogP contribution in [0.4, 0.5) is 0 Å². The number of hydrogen-bond donors (Lipinski definition) is 0. The highest BCUT2D eigenvalue weighted by Crippen LogP contribution is 2.38. The standard InChI is InChI=1S/C12H12BrNO2/c13-10-3-1-9(2-4-10)11(15)14-6-5-12(14)7-16-8-12/h1-4H,5-8H2. The van der Waals surface area contributed by atoms with Crippen molar-refractivity contribution >= 4 is 21.8 Å². The summed E-state index contributed by atoms with van der Waals surface area (Å²) in [7, 11) is 0. The number of likely N-dealkylation sites (tertiary alicyclic amines) is 1. The first-order valence-corrected chi connectivity index (χ1v) is 6.16. The van der Waals surface area contributed by atoms with Crippen LogP contribution in [0.1, 0.15) is 16.8 Å². The van der Waals surface area contributed by atoms with Crippen LogP contribution in [0.2, 0.25) is 0 Å². The zero-order valence-electron chi connectivity index (χ0n) is 8.78. The highest BCUT2D eigenvalue weighted by Gasteiger charge is 2.52.